The van der Waals surface area contributed by atoms with Gasteiger partial charge in [-0.1, -0.05) is 37.1 Å². The lowest BCUT2D eigenvalue weighted by atomic mass is 10.1. The van der Waals surface area contributed by atoms with Crippen LogP contribution in [0.3, 0.4) is 0 Å². The van der Waals surface area contributed by atoms with E-state index in [2.05, 4.69) is 5.32 Å². The molecule has 1 saturated carbocycles. The first-order valence-electron chi connectivity index (χ1n) is 9.42. The van der Waals surface area contributed by atoms with E-state index in [-0.39, 0.29) is 16.8 Å². The highest BCUT2D eigenvalue weighted by Gasteiger charge is 2.37. The third-order valence-electron chi connectivity index (χ3n) is 5.33. The number of esters is 1. The number of ether oxygens (including phenoxy) is 1. The first-order chi connectivity index (χ1) is 13.4. The monoisotopic (exact) mass is 402 g/mol. The molecule has 7 nitrogen and oxygen atoms in total. The third kappa shape index (κ3) is 3.22. The van der Waals surface area contributed by atoms with Gasteiger partial charge in [0.2, 0.25) is 0 Å². The van der Waals surface area contributed by atoms with Gasteiger partial charge in [0, 0.05) is 11.4 Å². The first kappa shape index (κ1) is 18.7. The van der Waals surface area contributed by atoms with Crippen molar-refractivity contribution in [2.75, 3.05) is 10.8 Å². The Morgan fingerprint density at radius 3 is 2.57 bits per heavy atom. The highest BCUT2D eigenvalue weighted by molar-refractivity contribution is 7.93. The molecular formula is C20H22N2O5S. The van der Waals surface area contributed by atoms with E-state index in [0.29, 0.717) is 11.1 Å². The zero-order valence-electron chi connectivity index (χ0n) is 15.6. The Morgan fingerprint density at radius 2 is 1.86 bits per heavy atom. The Labute approximate surface area is 163 Å². The molecule has 0 radical (unpaired) electrons. The molecule has 0 bridgehead atoms. The molecule has 8 heteroatoms. The van der Waals surface area contributed by atoms with E-state index in [1.165, 1.54) is 13.0 Å². The number of benzene rings is 2. The molecule has 1 fully saturated rings. The van der Waals surface area contributed by atoms with E-state index >= 15 is 0 Å². The summed E-state index contributed by atoms with van der Waals surface area (Å²) in [6.45, 7) is 1.02. The molecule has 1 N–H and O–H groups in total. The number of hydrogen-bond donors (Lipinski definition) is 1. The summed E-state index contributed by atoms with van der Waals surface area (Å²) in [5, 5.41) is 4.27. The fourth-order valence-corrected chi connectivity index (χ4v) is 5.58. The number of nitrogens with zero attached hydrogens (tertiary/aromatic N) is 1. The summed E-state index contributed by atoms with van der Waals surface area (Å²) in [5.41, 5.74) is 0.452. The van der Waals surface area contributed by atoms with Gasteiger partial charge in [-0.3, -0.25) is 13.9 Å². The number of anilines is 1. The maximum atomic E-state index is 12.9. The Bertz CT molecular complexity index is 1040. The molecule has 1 aliphatic heterocycles. The lowest BCUT2D eigenvalue weighted by molar-refractivity contribution is -0.153. The Morgan fingerprint density at radius 1 is 1.18 bits per heavy atom. The van der Waals surface area contributed by atoms with Gasteiger partial charge in [0.05, 0.1) is 10.6 Å². The van der Waals surface area contributed by atoms with Crippen LogP contribution in [0.4, 0.5) is 5.69 Å². The van der Waals surface area contributed by atoms with Crippen LogP contribution in [0.2, 0.25) is 0 Å². The fraction of sp³-hybridized carbons (Fsp3) is 0.400. The number of carbonyl (C=O) groups excluding carboxylic acids is 2. The highest BCUT2D eigenvalue weighted by atomic mass is 32.2. The molecule has 0 saturated heterocycles. The molecule has 0 aromatic heterocycles. The number of nitrogens with one attached hydrogen (secondary N) is 1. The van der Waals surface area contributed by atoms with Crippen LogP contribution in [0, 0.1) is 0 Å². The van der Waals surface area contributed by atoms with Crippen LogP contribution in [0.25, 0.3) is 10.8 Å². The van der Waals surface area contributed by atoms with Crippen LogP contribution in [0.5, 0.6) is 0 Å². The van der Waals surface area contributed by atoms with Gasteiger partial charge in [-0.2, -0.15) is 0 Å². The fourth-order valence-electron chi connectivity index (χ4n) is 3.92. The smallest absolute Gasteiger partial charge is 0.327 e. The van der Waals surface area contributed by atoms with Crippen LogP contribution in [-0.4, -0.2) is 39.0 Å². The number of sulfonamides is 1. The summed E-state index contributed by atoms with van der Waals surface area (Å²) in [7, 11) is -3.84. The van der Waals surface area contributed by atoms with Gasteiger partial charge in [0.15, 0.2) is 6.10 Å². The summed E-state index contributed by atoms with van der Waals surface area (Å²) in [5.74, 6) is -1.11. The molecule has 2 aliphatic rings. The van der Waals surface area contributed by atoms with E-state index in [1.54, 1.807) is 18.2 Å². The molecule has 0 unspecified atom stereocenters. The van der Waals surface area contributed by atoms with Crippen molar-refractivity contribution in [1.29, 1.82) is 0 Å². The zero-order chi connectivity index (χ0) is 19.9. The zero-order valence-corrected chi connectivity index (χ0v) is 16.4. The second kappa shape index (κ2) is 7.09. The summed E-state index contributed by atoms with van der Waals surface area (Å²) in [6.07, 6.45) is 3.05. The molecule has 2 aromatic carbocycles. The topological polar surface area (TPSA) is 92.8 Å². The maximum Gasteiger partial charge on any atom is 0.327 e. The highest BCUT2D eigenvalue weighted by Crippen LogP contribution is 2.41. The predicted octanol–water partition coefficient (Wildman–Crippen LogP) is 2.34. The number of amides is 1. The first-order valence-corrected chi connectivity index (χ1v) is 10.9. The molecule has 2 aromatic rings. The van der Waals surface area contributed by atoms with Gasteiger partial charge in [0.25, 0.3) is 15.9 Å². The van der Waals surface area contributed by atoms with Crippen molar-refractivity contribution in [2.24, 2.45) is 0 Å². The Hall–Kier alpha value is -2.61. The van der Waals surface area contributed by atoms with Crippen LogP contribution < -0.4 is 9.62 Å². The molecule has 4 rings (SSSR count). The summed E-state index contributed by atoms with van der Waals surface area (Å²) < 4.78 is 32.0. The third-order valence-corrected chi connectivity index (χ3v) is 7.14. The molecule has 1 amide bonds. The number of rotatable bonds is 5. The molecular weight excluding hydrogens is 380 g/mol. The van der Waals surface area contributed by atoms with Crippen molar-refractivity contribution >= 4 is 38.4 Å². The maximum absolute atomic E-state index is 12.9. The predicted molar refractivity (Wildman–Crippen MR) is 104 cm³/mol. The standard InChI is InChI=1S/C20H22N2O5S/c1-13(20(24)21-15-8-2-3-9-15)27-18(23)12-22-16-10-4-6-14-7-5-11-17(19(14)16)28(22,25)26/h4-7,10-11,13,15H,2-3,8-9,12H2,1H3,(H,21,24)/t13-/m0/s1. The quantitative estimate of drug-likeness (QED) is 0.775. The van der Waals surface area contributed by atoms with Gasteiger partial charge in [-0.05, 0) is 37.3 Å². The van der Waals surface area contributed by atoms with Crippen molar-refractivity contribution in [3.05, 3.63) is 36.4 Å². The summed E-state index contributed by atoms with van der Waals surface area (Å²) in [4.78, 5) is 24.8. The van der Waals surface area contributed by atoms with E-state index in [1.807, 2.05) is 12.1 Å². The van der Waals surface area contributed by atoms with Gasteiger partial charge in [0.1, 0.15) is 6.54 Å². The molecule has 28 heavy (non-hydrogen) atoms. The second-order valence-electron chi connectivity index (χ2n) is 7.27. The van der Waals surface area contributed by atoms with Crippen LogP contribution in [-0.2, 0) is 24.3 Å². The lowest BCUT2D eigenvalue weighted by Gasteiger charge is -2.20. The minimum Gasteiger partial charge on any atom is -0.451 e. The van der Waals surface area contributed by atoms with Gasteiger partial charge in [-0.25, -0.2) is 8.42 Å². The van der Waals surface area contributed by atoms with Crippen molar-refractivity contribution in [2.45, 2.75) is 49.6 Å². The SMILES string of the molecule is C[C@H](OC(=O)CN1c2cccc3cccc(c23)S1(=O)=O)C(=O)NC1CCCC1. The molecule has 0 spiro atoms. The van der Waals surface area contributed by atoms with Crippen LogP contribution >= 0.6 is 0 Å². The Balaban J connectivity index is 1.48. The number of carbonyl (C=O) groups is 2. The average molecular weight is 402 g/mol. The van der Waals surface area contributed by atoms with Crippen molar-refractivity contribution in [3.63, 3.8) is 0 Å². The normalized spacial score (nSPS) is 19.0. The minimum atomic E-state index is -3.84. The number of hydrogen-bond acceptors (Lipinski definition) is 5. The van der Waals surface area contributed by atoms with E-state index in [0.717, 1.165) is 35.4 Å². The largest absolute Gasteiger partial charge is 0.451 e. The van der Waals surface area contributed by atoms with E-state index in [4.69, 9.17) is 4.74 Å². The Kier molecular flexibility index (Phi) is 4.74. The van der Waals surface area contributed by atoms with Crippen molar-refractivity contribution in [3.8, 4) is 0 Å². The molecule has 1 atom stereocenters. The van der Waals surface area contributed by atoms with Crippen molar-refractivity contribution < 1.29 is 22.7 Å². The van der Waals surface area contributed by atoms with Gasteiger partial charge < -0.3 is 10.1 Å². The van der Waals surface area contributed by atoms with Gasteiger partial charge in [-0.15, -0.1) is 0 Å². The summed E-state index contributed by atoms with van der Waals surface area (Å²) >= 11 is 0. The lowest BCUT2D eigenvalue weighted by Crippen LogP contribution is -2.42. The molecule has 1 heterocycles. The van der Waals surface area contributed by atoms with Crippen LogP contribution in [0.15, 0.2) is 41.3 Å². The van der Waals surface area contributed by atoms with E-state index < -0.39 is 28.6 Å². The van der Waals surface area contributed by atoms with Crippen molar-refractivity contribution in [1.82, 2.24) is 5.32 Å². The second-order valence-corrected chi connectivity index (χ2v) is 9.10. The van der Waals surface area contributed by atoms with Gasteiger partial charge >= 0.3 is 5.97 Å². The summed E-state index contributed by atoms with van der Waals surface area (Å²) in [6, 6.07) is 10.4. The minimum absolute atomic E-state index is 0.125. The van der Waals surface area contributed by atoms with E-state index in [9.17, 15) is 18.0 Å². The van der Waals surface area contributed by atoms with Crippen LogP contribution in [0.1, 0.15) is 32.6 Å². The molecule has 1 aliphatic carbocycles. The molecule has 148 valence electrons. The average Bonchev–Trinajstić information content (AvgIpc) is 3.24.